The van der Waals surface area contributed by atoms with Gasteiger partial charge in [-0.25, -0.2) is 0 Å². The molecule has 1 heterocycles. The summed E-state index contributed by atoms with van der Waals surface area (Å²) >= 11 is 0. The summed E-state index contributed by atoms with van der Waals surface area (Å²) in [6, 6.07) is 0. The molecule has 5 heteroatoms. The van der Waals surface area contributed by atoms with Crippen LogP contribution in [0.4, 0.5) is 0 Å². The Kier molecular flexibility index (Phi) is 2.36. The number of aliphatic hydroxyl groups is 1. The normalized spacial score (nSPS) is 30.1. The molecule has 2 atom stereocenters. The largest absolute Gasteiger partial charge is 0.380 e. The fourth-order valence-corrected chi connectivity index (χ4v) is 1.05. The quantitative estimate of drug-likeness (QED) is 0.563. The number of aliphatic hydroxyl groups excluding tert-OH is 1. The van der Waals surface area contributed by atoms with Gasteiger partial charge in [0.15, 0.2) is 11.9 Å². The van der Waals surface area contributed by atoms with Crippen molar-refractivity contribution in [2.24, 2.45) is 5.73 Å². The Morgan fingerprint density at radius 1 is 1.75 bits per heavy atom. The SMILES string of the molecule is CC1(C)OC[C@@H]([C@@H](O)C(N)=O)O1. The average molecular weight is 175 g/mol. The van der Waals surface area contributed by atoms with Gasteiger partial charge in [-0.2, -0.15) is 0 Å². The van der Waals surface area contributed by atoms with E-state index < -0.39 is 23.9 Å². The molecular formula is C7H13NO4. The van der Waals surface area contributed by atoms with E-state index in [9.17, 15) is 9.90 Å². The second-order valence-corrected chi connectivity index (χ2v) is 3.21. The molecule has 70 valence electrons. The third-order valence-electron chi connectivity index (χ3n) is 1.67. The molecule has 12 heavy (non-hydrogen) atoms. The van der Waals surface area contributed by atoms with E-state index in [0.29, 0.717) is 0 Å². The number of carbonyl (C=O) groups is 1. The first kappa shape index (κ1) is 9.44. The van der Waals surface area contributed by atoms with E-state index in [4.69, 9.17) is 15.2 Å². The molecule has 1 aliphatic rings. The van der Waals surface area contributed by atoms with E-state index in [1.165, 1.54) is 0 Å². The van der Waals surface area contributed by atoms with Crippen molar-refractivity contribution in [3.8, 4) is 0 Å². The topological polar surface area (TPSA) is 81.8 Å². The zero-order valence-electron chi connectivity index (χ0n) is 7.11. The summed E-state index contributed by atoms with van der Waals surface area (Å²) < 4.78 is 10.3. The van der Waals surface area contributed by atoms with Crippen LogP contribution in [-0.2, 0) is 14.3 Å². The maximum atomic E-state index is 10.5. The fraction of sp³-hybridized carbons (Fsp3) is 0.857. The van der Waals surface area contributed by atoms with Gasteiger partial charge < -0.3 is 20.3 Å². The highest BCUT2D eigenvalue weighted by molar-refractivity contribution is 5.79. The molecule has 0 aromatic heterocycles. The number of ether oxygens (including phenoxy) is 2. The lowest BCUT2D eigenvalue weighted by molar-refractivity contribution is -0.157. The van der Waals surface area contributed by atoms with Gasteiger partial charge in [0.25, 0.3) is 0 Å². The maximum Gasteiger partial charge on any atom is 0.249 e. The maximum absolute atomic E-state index is 10.5. The van der Waals surface area contributed by atoms with Crippen molar-refractivity contribution in [2.75, 3.05) is 6.61 Å². The van der Waals surface area contributed by atoms with Crippen molar-refractivity contribution in [1.29, 1.82) is 0 Å². The number of carbonyl (C=O) groups excluding carboxylic acids is 1. The summed E-state index contributed by atoms with van der Waals surface area (Å²) in [4.78, 5) is 10.5. The fourth-order valence-electron chi connectivity index (χ4n) is 1.05. The van der Waals surface area contributed by atoms with Gasteiger partial charge in [0.05, 0.1) is 6.61 Å². The zero-order chi connectivity index (χ0) is 9.35. The molecule has 0 unspecified atom stereocenters. The van der Waals surface area contributed by atoms with E-state index >= 15 is 0 Å². The zero-order valence-corrected chi connectivity index (χ0v) is 7.11. The number of rotatable bonds is 2. The number of nitrogens with two attached hydrogens (primary N) is 1. The molecule has 3 N–H and O–H groups in total. The van der Waals surface area contributed by atoms with Gasteiger partial charge in [-0.05, 0) is 13.8 Å². The van der Waals surface area contributed by atoms with Gasteiger partial charge in [0.2, 0.25) is 5.91 Å². The number of hydrogen-bond donors (Lipinski definition) is 2. The summed E-state index contributed by atoms with van der Waals surface area (Å²) in [7, 11) is 0. The molecule has 0 bridgehead atoms. The van der Waals surface area contributed by atoms with E-state index in [2.05, 4.69) is 0 Å². The predicted octanol–water partition coefficient (Wildman–Crippen LogP) is -1.02. The molecule has 0 aliphatic carbocycles. The lowest BCUT2D eigenvalue weighted by atomic mass is 10.2. The van der Waals surface area contributed by atoms with Crippen LogP contribution < -0.4 is 5.73 Å². The number of primary amides is 1. The minimum absolute atomic E-state index is 0.192. The van der Waals surface area contributed by atoms with E-state index in [0.717, 1.165) is 0 Å². The minimum atomic E-state index is -1.29. The van der Waals surface area contributed by atoms with Gasteiger partial charge >= 0.3 is 0 Å². The smallest absolute Gasteiger partial charge is 0.249 e. The molecule has 1 aliphatic heterocycles. The first-order valence-corrected chi connectivity index (χ1v) is 3.71. The lowest BCUT2D eigenvalue weighted by Crippen LogP contribution is -2.40. The molecule has 0 aromatic carbocycles. The monoisotopic (exact) mass is 175 g/mol. The predicted molar refractivity (Wildman–Crippen MR) is 40.1 cm³/mol. The van der Waals surface area contributed by atoms with Crippen LogP contribution in [0.1, 0.15) is 13.8 Å². The van der Waals surface area contributed by atoms with Crippen molar-refractivity contribution >= 4 is 5.91 Å². The molecule has 5 nitrogen and oxygen atoms in total. The van der Waals surface area contributed by atoms with Crippen LogP contribution in [-0.4, -0.2) is 35.6 Å². The van der Waals surface area contributed by atoms with Crippen LogP contribution in [0.15, 0.2) is 0 Å². The van der Waals surface area contributed by atoms with Crippen LogP contribution >= 0.6 is 0 Å². The Balaban J connectivity index is 2.52. The van der Waals surface area contributed by atoms with Crippen molar-refractivity contribution < 1.29 is 19.4 Å². The minimum Gasteiger partial charge on any atom is -0.380 e. The van der Waals surface area contributed by atoms with E-state index in [-0.39, 0.29) is 6.61 Å². The molecule has 1 rings (SSSR count). The van der Waals surface area contributed by atoms with Crippen molar-refractivity contribution in [1.82, 2.24) is 0 Å². The third kappa shape index (κ3) is 1.94. The Morgan fingerprint density at radius 2 is 2.33 bits per heavy atom. The standard InChI is InChI=1S/C7H13NO4/c1-7(2)11-3-4(12-7)5(9)6(8)10/h4-5,9H,3H2,1-2H3,(H2,8,10)/t4-,5+/m0/s1. The van der Waals surface area contributed by atoms with Crippen LogP contribution in [0.5, 0.6) is 0 Å². The molecular weight excluding hydrogens is 162 g/mol. The average Bonchev–Trinajstić information content (AvgIpc) is 2.28. The second kappa shape index (κ2) is 3.01. The van der Waals surface area contributed by atoms with E-state index in [1.54, 1.807) is 13.8 Å². The highest BCUT2D eigenvalue weighted by atomic mass is 16.7. The molecule has 1 amide bonds. The summed E-state index contributed by atoms with van der Waals surface area (Å²) in [6.07, 6.45) is -1.93. The molecule has 0 spiro atoms. The highest BCUT2D eigenvalue weighted by Crippen LogP contribution is 2.23. The first-order valence-electron chi connectivity index (χ1n) is 3.71. The van der Waals surface area contributed by atoms with E-state index in [1.807, 2.05) is 0 Å². The summed E-state index contributed by atoms with van der Waals surface area (Å²) in [6.45, 7) is 3.61. The Hall–Kier alpha value is -0.650. The van der Waals surface area contributed by atoms with Crippen molar-refractivity contribution in [2.45, 2.75) is 31.8 Å². The van der Waals surface area contributed by atoms with Gasteiger partial charge in [0, 0.05) is 0 Å². The molecule has 0 radical (unpaired) electrons. The number of amides is 1. The van der Waals surface area contributed by atoms with Crippen LogP contribution in [0, 0.1) is 0 Å². The van der Waals surface area contributed by atoms with Crippen LogP contribution in [0.2, 0.25) is 0 Å². The second-order valence-electron chi connectivity index (χ2n) is 3.21. The summed E-state index contributed by atoms with van der Waals surface area (Å²) in [5.74, 6) is -1.53. The molecule has 0 saturated carbocycles. The van der Waals surface area contributed by atoms with Gasteiger partial charge in [-0.1, -0.05) is 0 Å². The summed E-state index contributed by atoms with van der Waals surface area (Å²) in [5, 5.41) is 9.18. The van der Waals surface area contributed by atoms with Crippen molar-refractivity contribution in [3.63, 3.8) is 0 Å². The van der Waals surface area contributed by atoms with Crippen LogP contribution in [0.25, 0.3) is 0 Å². The molecule has 1 fully saturated rings. The third-order valence-corrected chi connectivity index (χ3v) is 1.67. The van der Waals surface area contributed by atoms with Crippen LogP contribution in [0.3, 0.4) is 0 Å². The van der Waals surface area contributed by atoms with Crippen molar-refractivity contribution in [3.05, 3.63) is 0 Å². The van der Waals surface area contributed by atoms with Gasteiger partial charge in [-0.15, -0.1) is 0 Å². The Labute approximate surface area is 70.4 Å². The van der Waals surface area contributed by atoms with Gasteiger partial charge in [0.1, 0.15) is 6.10 Å². The summed E-state index contributed by atoms with van der Waals surface area (Å²) in [5.41, 5.74) is 4.88. The Morgan fingerprint density at radius 3 is 2.67 bits per heavy atom. The number of hydrogen-bond acceptors (Lipinski definition) is 4. The first-order chi connectivity index (χ1) is 5.42. The Bertz CT molecular complexity index is 192. The molecule has 1 saturated heterocycles. The molecule has 0 aromatic rings. The van der Waals surface area contributed by atoms with Gasteiger partial charge in [-0.3, -0.25) is 4.79 Å². The highest BCUT2D eigenvalue weighted by Gasteiger charge is 2.38. The lowest BCUT2D eigenvalue weighted by Gasteiger charge is -2.18.